The molecule has 0 saturated carbocycles. The van der Waals surface area contributed by atoms with Gasteiger partial charge < -0.3 is 9.47 Å². The Kier molecular flexibility index (Phi) is 6.67. The van der Waals surface area contributed by atoms with Crippen molar-refractivity contribution in [1.29, 1.82) is 0 Å². The van der Waals surface area contributed by atoms with E-state index in [1.54, 1.807) is 0 Å². The van der Waals surface area contributed by atoms with Crippen LogP contribution in [0.4, 0.5) is 0 Å². The Hall–Kier alpha value is -5.32. The van der Waals surface area contributed by atoms with Crippen molar-refractivity contribution in [2.24, 2.45) is 0 Å². The van der Waals surface area contributed by atoms with Crippen molar-refractivity contribution in [2.75, 3.05) is 0 Å². The van der Waals surface area contributed by atoms with E-state index in [-0.39, 0.29) is 5.78 Å². The largest absolute Gasteiger partial charge is 0.457 e. The third-order valence-corrected chi connectivity index (χ3v) is 7.77. The number of ketones is 1. The predicted octanol–water partition coefficient (Wildman–Crippen LogP) is 9.92. The first kappa shape index (κ1) is 25.6. The predicted molar refractivity (Wildman–Crippen MR) is 171 cm³/mol. The van der Waals surface area contributed by atoms with Crippen LogP contribution in [0, 0.1) is 0 Å². The molecule has 200 valence electrons. The van der Waals surface area contributed by atoms with Crippen molar-refractivity contribution in [3.8, 4) is 45.3 Å². The summed E-state index contributed by atoms with van der Waals surface area (Å²) in [6.45, 7) is 0. The standard InChI is InChI=1S/C38H24O3S/c39-37-33-15-7-13-31(25-17-21-29(22-18-25)40-27-9-3-1-4-10-27)35(33)38(42)36-32(14-8-16-34(36)37)26-19-23-30(24-20-26)41-28-11-5-2-6-12-28/h1-24H. The summed E-state index contributed by atoms with van der Waals surface area (Å²) in [6, 6.07) is 46.8. The van der Waals surface area contributed by atoms with Crippen molar-refractivity contribution in [3.63, 3.8) is 0 Å². The fraction of sp³-hybridized carbons (Fsp3) is 0. The van der Waals surface area contributed by atoms with Gasteiger partial charge in [0.25, 0.3) is 0 Å². The molecule has 1 aliphatic carbocycles. The van der Waals surface area contributed by atoms with Crippen molar-refractivity contribution in [2.45, 2.75) is 0 Å². The zero-order valence-corrected chi connectivity index (χ0v) is 23.3. The molecule has 0 radical (unpaired) electrons. The molecule has 3 nitrogen and oxygen atoms in total. The topological polar surface area (TPSA) is 35.5 Å². The molecule has 0 amide bonds. The van der Waals surface area contributed by atoms with E-state index < -0.39 is 0 Å². The minimum atomic E-state index is -0.0228. The van der Waals surface area contributed by atoms with E-state index in [0.29, 0.717) is 16.0 Å². The van der Waals surface area contributed by atoms with Crippen molar-refractivity contribution < 1.29 is 14.3 Å². The molecule has 0 saturated heterocycles. The molecule has 0 bridgehead atoms. The molecule has 0 unspecified atom stereocenters. The minimum absolute atomic E-state index is 0.0228. The molecule has 0 spiro atoms. The Labute approximate surface area is 249 Å². The van der Waals surface area contributed by atoms with E-state index in [2.05, 4.69) is 0 Å². The Morgan fingerprint density at radius 3 is 1.14 bits per heavy atom. The summed E-state index contributed by atoms with van der Waals surface area (Å²) >= 11 is 6.17. The molecule has 7 rings (SSSR count). The van der Waals surface area contributed by atoms with Crippen LogP contribution in [-0.2, 0) is 0 Å². The van der Waals surface area contributed by atoms with Gasteiger partial charge in [-0.15, -0.1) is 0 Å². The second-order valence-corrected chi connectivity index (χ2v) is 10.4. The SMILES string of the molecule is O=C1c2cccc(-c3ccc(Oc4ccccc4)cc3)c2C(=S)c2c1cccc2-c1ccc(Oc2ccccc2)cc1. The van der Waals surface area contributed by atoms with E-state index in [4.69, 9.17) is 21.7 Å². The molecule has 0 aromatic heterocycles. The first-order valence-corrected chi connectivity index (χ1v) is 14.1. The molecular weight excluding hydrogens is 536 g/mol. The van der Waals surface area contributed by atoms with Gasteiger partial charge in [-0.05, 0) is 70.8 Å². The van der Waals surface area contributed by atoms with Crippen molar-refractivity contribution in [3.05, 3.63) is 168 Å². The quantitative estimate of drug-likeness (QED) is 0.190. The highest BCUT2D eigenvalue weighted by Gasteiger charge is 2.31. The summed E-state index contributed by atoms with van der Waals surface area (Å²) in [5.74, 6) is 3.00. The summed E-state index contributed by atoms with van der Waals surface area (Å²) in [5, 5.41) is 0. The molecule has 0 fully saturated rings. The van der Waals surface area contributed by atoms with Crippen LogP contribution in [0.5, 0.6) is 23.0 Å². The minimum Gasteiger partial charge on any atom is -0.457 e. The van der Waals surface area contributed by atoms with E-state index in [1.165, 1.54) is 0 Å². The average molecular weight is 561 g/mol. The zero-order chi connectivity index (χ0) is 28.5. The second-order valence-electron chi connectivity index (χ2n) is 9.99. The van der Waals surface area contributed by atoms with Gasteiger partial charge in [0, 0.05) is 22.3 Å². The van der Waals surface area contributed by atoms with E-state index in [9.17, 15) is 4.79 Å². The normalized spacial score (nSPS) is 11.9. The maximum Gasteiger partial charge on any atom is 0.194 e. The van der Waals surface area contributed by atoms with Crippen molar-refractivity contribution in [1.82, 2.24) is 0 Å². The van der Waals surface area contributed by atoms with Gasteiger partial charge in [0.1, 0.15) is 23.0 Å². The molecule has 0 aliphatic heterocycles. The number of para-hydroxylation sites is 2. The van der Waals surface area contributed by atoms with Gasteiger partial charge >= 0.3 is 0 Å². The Bertz CT molecular complexity index is 1790. The molecule has 6 aromatic carbocycles. The van der Waals surface area contributed by atoms with Crippen LogP contribution in [0.15, 0.2) is 146 Å². The fourth-order valence-electron chi connectivity index (χ4n) is 5.38. The Balaban J connectivity index is 1.24. The number of ether oxygens (including phenoxy) is 2. The monoisotopic (exact) mass is 560 g/mol. The average Bonchev–Trinajstić information content (AvgIpc) is 3.05. The smallest absolute Gasteiger partial charge is 0.194 e. The summed E-state index contributed by atoms with van der Waals surface area (Å²) in [5.41, 5.74) is 6.60. The molecule has 0 atom stereocenters. The lowest BCUT2D eigenvalue weighted by molar-refractivity contribution is 0.103. The lowest BCUT2D eigenvalue weighted by atomic mass is 9.78. The molecule has 1 aliphatic rings. The number of fused-ring (bicyclic) bond motifs is 2. The van der Waals surface area contributed by atoms with Gasteiger partial charge in [0.2, 0.25) is 0 Å². The zero-order valence-electron chi connectivity index (χ0n) is 22.5. The maximum absolute atomic E-state index is 13.8. The molecule has 42 heavy (non-hydrogen) atoms. The van der Waals surface area contributed by atoms with Crippen LogP contribution in [-0.4, -0.2) is 10.6 Å². The number of rotatable bonds is 6. The van der Waals surface area contributed by atoms with E-state index in [0.717, 1.165) is 56.4 Å². The first-order chi connectivity index (χ1) is 20.7. The van der Waals surface area contributed by atoms with Gasteiger partial charge in [-0.2, -0.15) is 0 Å². The van der Waals surface area contributed by atoms with Gasteiger partial charge in [-0.25, -0.2) is 0 Å². The van der Waals surface area contributed by atoms with Gasteiger partial charge in [0.05, 0.1) is 4.86 Å². The van der Waals surface area contributed by atoms with Crippen LogP contribution in [0.1, 0.15) is 27.0 Å². The van der Waals surface area contributed by atoms with Crippen LogP contribution in [0.25, 0.3) is 22.3 Å². The van der Waals surface area contributed by atoms with Crippen LogP contribution in [0.2, 0.25) is 0 Å². The van der Waals surface area contributed by atoms with E-state index in [1.807, 2.05) is 146 Å². The number of carbonyl (C=O) groups is 1. The highest BCUT2D eigenvalue weighted by atomic mass is 32.1. The van der Waals surface area contributed by atoms with Gasteiger partial charge in [0.15, 0.2) is 5.78 Å². The van der Waals surface area contributed by atoms with Crippen LogP contribution in [0.3, 0.4) is 0 Å². The van der Waals surface area contributed by atoms with Gasteiger partial charge in [-0.1, -0.05) is 109 Å². The highest BCUT2D eigenvalue weighted by Crippen LogP contribution is 2.40. The maximum atomic E-state index is 13.8. The summed E-state index contributed by atoms with van der Waals surface area (Å²) in [4.78, 5) is 14.5. The first-order valence-electron chi connectivity index (χ1n) is 13.7. The molecule has 6 aromatic rings. The lowest BCUT2D eigenvalue weighted by Crippen LogP contribution is -2.22. The Morgan fingerprint density at radius 1 is 0.381 bits per heavy atom. The third-order valence-electron chi connectivity index (χ3n) is 7.36. The number of hydrogen-bond donors (Lipinski definition) is 0. The molecule has 0 N–H and O–H groups in total. The Morgan fingerprint density at radius 2 is 0.738 bits per heavy atom. The second kappa shape index (κ2) is 10.9. The summed E-state index contributed by atoms with van der Waals surface area (Å²) < 4.78 is 12.0. The van der Waals surface area contributed by atoms with Gasteiger partial charge in [-0.3, -0.25) is 4.79 Å². The number of thiocarbonyl (C=S) groups is 1. The number of benzene rings is 6. The fourth-order valence-corrected chi connectivity index (χ4v) is 5.82. The van der Waals surface area contributed by atoms with Crippen LogP contribution >= 0.6 is 12.2 Å². The third kappa shape index (κ3) is 4.78. The highest BCUT2D eigenvalue weighted by molar-refractivity contribution is 7.81. The molecular formula is C38H24O3S. The summed E-state index contributed by atoms with van der Waals surface area (Å²) in [7, 11) is 0. The lowest BCUT2D eigenvalue weighted by Gasteiger charge is -2.25. The summed E-state index contributed by atoms with van der Waals surface area (Å²) in [6.07, 6.45) is 0. The number of carbonyl (C=O) groups excluding carboxylic acids is 1. The molecule has 0 heterocycles. The van der Waals surface area contributed by atoms with E-state index >= 15 is 0 Å². The number of hydrogen-bond acceptors (Lipinski definition) is 4. The molecule has 4 heteroatoms. The van der Waals surface area contributed by atoms with Crippen LogP contribution < -0.4 is 9.47 Å². The van der Waals surface area contributed by atoms with Crippen molar-refractivity contribution >= 4 is 22.9 Å².